The number of benzene rings is 2. The number of H-pyrrole nitrogens is 1. The molecular weight excluding hydrogens is 286 g/mol. The number of rotatable bonds is 1. The number of para-hydroxylation sites is 2. The average Bonchev–Trinajstić information content (AvgIpc) is 3.02. The lowest BCUT2D eigenvalue weighted by Crippen LogP contribution is -2.04. The van der Waals surface area contributed by atoms with Crippen molar-refractivity contribution in [2.75, 3.05) is 0 Å². The molecule has 4 heteroatoms. The first-order valence-corrected chi connectivity index (χ1v) is 6.90. The Bertz CT molecular complexity index is 1020. The third kappa shape index (κ3) is 1.78. The van der Waals surface area contributed by atoms with Crippen molar-refractivity contribution in [2.24, 2.45) is 0 Å². The molecule has 1 N–H and O–H groups in total. The van der Waals surface area contributed by atoms with E-state index in [1.165, 1.54) is 0 Å². The van der Waals surface area contributed by atoms with Gasteiger partial charge >= 0.3 is 0 Å². The summed E-state index contributed by atoms with van der Waals surface area (Å²) in [6.07, 6.45) is 1.61. The van der Waals surface area contributed by atoms with Gasteiger partial charge in [0.2, 0.25) is 0 Å². The van der Waals surface area contributed by atoms with Crippen LogP contribution in [0, 0.1) is 0 Å². The molecule has 2 heterocycles. The minimum atomic E-state index is -0.0327. The second-order valence-corrected chi connectivity index (χ2v) is 5.23. The minimum absolute atomic E-state index is 0.0327. The van der Waals surface area contributed by atoms with E-state index in [1.54, 1.807) is 30.5 Å². The van der Waals surface area contributed by atoms with Crippen LogP contribution in [0.15, 0.2) is 64.0 Å². The zero-order chi connectivity index (χ0) is 14.4. The molecule has 4 aromatic rings. The summed E-state index contributed by atoms with van der Waals surface area (Å²) in [4.78, 5) is 15.9. The summed E-state index contributed by atoms with van der Waals surface area (Å²) in [5, 5.41) is 1.74. The van der Waals surface area contributed by atoms with Crippen LogP contribution in [0.1, 0.15) is 0 Å². The second-order valence-electron chi connectivity index (χ2n) is 4.82. The first-order valence-electron chi connectivity index (χ1n) is 6.53. The summed E-state index contributed by atoms with van der Waals surface area (Å²) < 4.78 is 5.45. The van der Waals surface area contributed by atoms with Crippen LogP contribution in [0.5, 0.6) is 0 Å². The summed E-state index contributed by atoms with van der Waals surface area (Å²) in [7, 11) is 0. The number of fused-ring (bicyclic) bond motifs is 2. The van der Waals surface area contributed by atoms with Crippen LogP contribution in [0.3, 0.4) is 0 Å². The van der Waals surface area contributed by atoms with Gasteiger partial charge in [0.1, 0.15) is 5.76 Å². The molecule has 2 aromatic carbocycles. The van der Waals surface area contributed by atoms with Crippen molar-refractivity contribution in [2.45, 2.75) is 0 Å². The maximum Gasteiger partial charge on any atom is 0.197 e. The van der Waals surface area contributed by atoms with Gasteiger partial charge in [-0.05, 0) is 36.4 Å². The van der Waals surface area contributed by atoms with Crippen LogP contribution in [-0.4, -0.2) is 4.98 Å². The van der Waals surface area contributed by atoms with Gasteiger partial charge < -0.3 is 9.40 Å². The Morgan fingerprint density at radius 1 is 0.905 bits per heavy atom. The Morgan fingerprint density at radius 3 is 2.43 bits per heavy atom. The Balaban J connectivity index is 2.23. The third-order valence-electron chi connectivity index (χ3n) is 3.60. The quantitative estimate of drug-likeness (QED) is 0.522. The number of aromatic amines is 1. The standard InChI is InChI=1S/C17H10ClNO2/c18-13-7-2-6-12-16(13)19-15-10(14-8-3-9-21-14)4-1-5-11(15)17(12)20/h1-9H,(H,19,20). The molecule has 0 aliphatic carbocycles. The van der Waals surface area contributed by atoms with Crippen molar-refractivity contribution in [1.82, 2.24) is 4.98 Å². The van der Waals surface area contributed by atoms with E-state index in [1.807, 2.05) is 24.3 Å². The average molecular weight is 296 g/mol. The van der Waals surface area contributed by atoms with Gasteiger partial charge in [0.25, 0.3) is 0 Å². The molecule has 0 unspecified atom stereocenters. The highest BCUT2D eigenvalue weighted by atomic mass is 35.5. The Labute approximate surface area is 124 Å². The molecule has 0 spiro atoms. The van der Waals surface area contributed by atoms with E-state index in [-0.39, 0.29) is 5.43 Å². The van der Waals surface area contributed by atoms with E-state index >= 15 is 0 Å². The van der Waals surface area contributed by atoms with Crippen molar-refractivity contribution in [3.8, 4) is 11.3 Å². The number of hydrogen-bond acceptors (Lipinski definition) is 2. The molecular formula is C17H10ClNO2. The molecule has 0 amide bonds. The van der Waals surface area contributed by atoms with Crippen LogP contribution in [-0.2, 0) is 0 Å². The highest BCUT2D eigenvalue weighted by molar-refractivity contribution is 6.35. The summed E-state index contributed by atoms with van der Waals surface area (Å²) in [6, 6.07) is 14.6. The topological polar surface area (TPSA) is 46.0 Å². The summed E-state index contributed by atoms with van der Waals surface area (Å²) in [6.45, 7) is 0. The SMILES string of the molecule is O=c1c2cccc(Cl)c2[nH]c2c(-c3ccco3)cccc12. The van der Waals surface area contributed by atoms with Crippen LogP contribution < -0.4 is 5.43 Å². The van der Waals surface area contributed by atoms with Gasteiger partial charge in [0, 0.05) is 16.3 Å². The number of furan rings is 1. The van der Waals surface area contributed by atoms with Gasteiger partial charge in [0.05, 0.1) is 22.3 Å². The molecule has 0 saturated heterocycles. The normalized spacial score (nSPS) is 11.3. The number of nitrogens with one attached hydrogen (secondary N) is 1. The molecule has 2 aromatic heterocycles. The van der Waals surface area contributed by atoms with E-state index in [4.69, 9.17) is 16.0 Å². The third-order valence-corrected chi connectivity index (χ3v) is 3.92. The highest BCUT2D eigenvalue weighted by Gasteiger charge is 2.12. The molecule has 0 bridgehead atoms. The second kappa shape index (κ2) is 4.50. The van der Waals surface area contributed by atoms with Gasteiger partial charge in [-0.15, -0.1) is 0 Å². The van der Waals surface area contributed by atoms with Crippen molar-refractivity contribution >= 4 is 33.4 Å². The van der Waals surface area contributed by atoms with Gasteiger partial charge in [0.15, 0.2) is 5.43 Å². The van der Waals surface area contributed by atoms with Crippen LogP contribution in [0.4, 0.5) is 0 Å². The molecule has 0 radical (unpaired) electrons. The molecule has 21 heavy (non-hydrogen) atoms. The first-order chi connectivity index (χ1) is 10.3. The number of pyridine rings is 1. The van der Waals surface area contributed by atoms with Crippen molar-refractivity contribution in [3.63, 3.8) is 0 Å². The molecule has 3 nitrogen and oxygen atoms in total. The van der Waals surface area contributed by atoms with Gasteiger partial charge in [-0.2, -0.15) is 0 Å². The molecule has 4 rings (SSSR count). The van der Waals surface area contributed by atoms with Crippen molar-refractivity contribution < 1.29 is 4.42 Å². The van der Waals surface area contributed by atoms with Crippen molar-refractivity contribution in [1.29, 1.82) is 0 Å². The predicted molar refractivity (Wildman–Crippen MR) is 84.8 cm³/mol. The van der Waals surface area contributed by atoms with E-state index in [0.29, 0.717) is 27.1 Å². The van der Waals surface area contributed by atoms with Gasteiger partial charge in [-0.25, -0.2) is 0 Å². The molecule has 0 atom stereocenters. The zero-order valence-electron chi connectivity index (χ0n) is 10.9. The number of hydrogen-bond donors (Lipinski definition) is 1. The fourth-order valence-corrected chi connectivity index (χ4v) is 2.85. The Kier molecular flexibility index (Phi) is 2.62. The molecule has 102 valence electrons. The molecule has 0 fully saturated rings. The maximum absolute atomic E-state index is 12.7. The molecule has 0 aliphatic rings. The van der Waals surface area contributed by atoms with Crippen LogP contribution in [0.25, 0.3) is 33.1 Å². The van der Waals surface area contributed by atoms with Crippen LogP contribution in [0.2, 0.25) is 5.02 Å². The summed E-state index contributed by atoms with van der Waals surface area (Å²) >= 11 is 6.21. The lowest BCUT2D eigenvalue weighted by atomic mass is 10.0. The van der Waals surface area contributed by atoms with Gasteiger partial charge in [-0.1, -0.05) is 23.7 Å². The maximum atomic E-state index is 12.7. The number of halogens is 1. The number of aromatic nitrogens is 1. The van der Waals surface area contributed by atoms with E-state index in [2.05, 4.69) is 4.98 Å². The lowest BCUT2D eigenvalue weighted by Gasteiger charge is -2.07. The van der Waals surface area contributed by atoms with Gasteiger partial charge in [-0.3, -0.25) is 4.79 Å². The molecule has 0 aliphatic heterocycles. The fraction of sp³-hybridized carbons (Fsp3) is 0. The van der Waals surface area contributed by atoms with E-state index in [9.17, 15) is 4.79 Å². The van der Waals surface area contributed by atoms with E-state index < -0.39 is 0 Å². The largest absolute Gasteiger partial charge is 0.464 e. The zero-order valence-corrected chi connectivity index (χ0v) is 11.6. The minimum Gasteiger partial charge on any atom is -0.464 e. The Hall–Kier alpha value is -2.52. The highest BCUT2D eigenvalue weighted by Crippen LogP contribution is 2.29. The van der Waals surface area contributed by atoms with Crippen LogP contribution >= 0.6 is 11.6 Å². The fourth-order valence-electron chi connectivity index (χ4n) is 2.62. The monoisotopic (exact) mass is 295 g/mol. The van der Waals surface area contributed by atoms with E-state index in [0.717, 1.165) is 11.1 Å². The smallest absolute Gasteiger partial charge is 0.197 e. The summed E-state index contributed by atoms with van der Waals surface area (Å²) in [5.41, 5.74) is 2.19. The predicted octanol–water partition coefficient (Wildman–Crippen LogP) is 4.59. The Morgan fingerprint density at radius 2 is 1.67 bits per heavy atom. The summed E-state index contributed by atoms with van der Waals surface area (Å²) in [5.74, 6) is 0.711. The molecule has 0 saturated carbocycles. The lowest BCUT2D eigenvalue weighted by molar-refractivity contribution is 0.583. The van der Waals surface area contributed by atoms with Crippen molar-refractivity contribution in [3.05, 3.63) is 70.0 Å². The first kappa shape index (κ1) is 12.2.